The van der Waals surface area contributed by atoms with Crippen LogP contribution in [0.3, 0.4) is 0 Å². The number of nitrogens with zero attached hydrogens (tertiary/aromatic N) is 2. The van der Waals surface area contributed by atoms with Gasteiger partial charge >= 0.3 is 0 Å². The van der Waals surface area contributed by atoms with Crippen LogP contribution in [0.15, 0.2) is 52.2 Å². The second-order valence-electron chi connectivity index (χ2n) is 4.66. The van der Waals surface area contributed by atoms with E-state index in [-0.39, 0.29) is 24.0 Å². The molecule has 0 spiro atoms. The van der Waals surface area contributed by atoms with Crippen LogP contribution >= 0.6 is 35.7 Å². The Kier molecular flexibility index (Phi) is 10.5. The molecule has 2 heterocycles. The molecular weight excluding hydrogens is 423 g/mol. The van der Waals surface area contributed by atoms with E-state index >= 15 is 0 Å². The van der Waals surface area contributed by atoms with Crippen LogP contribution in [0.4, 0.5) is 0 Å². The van der Waals surface area contributed by atoms with E-state index in [1.54, 1.807) is 12.5 Å². The predicted octanol–water partition coefficient (Wildman–Crippen LogP) is 2.93. The zero-order chi connectivity index (χ0) is 15.5. The molecule has 0 aliphatic carbocycles. The van der Waals surface area contributed by atoms with E-state index in [2.05, 4.69) is 26.9 Å². The number of furan rings is 1. The Bertz CT molecular complexity index is 548. The van der Waals surface area contributed by atoms with Crippen LogP contribution in [0.5, 0.6) is 0 Å². The quantitative estimate of drug-likeness (QED) is 0.283. The minimum Gasteiger partial charge on any atom is -0.469 e. The average molecular weight is 446 g/mol. The predicted molar refractivity (Wildman–Crippen MR) is 108 cm³/mol. The monoisotopic (exact) mass is 446 g/mol. The molecule has 7 heteroatoms. The molecule has 0 saturated heterocycles. The number of halogens is 1. The Morgan fingerprint density at radius 1 is 1.22 bits per heavy atom. The van der Waals surface area contributed by atoms with Crippen molar-refractivity contribution in [2.75, 3.05) is 25.1 Å². The number of nitrogens with one attached hydrogen (secondary N) is 2. The summed E-state index contributed by atoms with van der Waals surface area (Å²) < 4.78 is 5.33. The molecule has 0 bridgehead atoms. The van der Waals surface area contributed by atoms with Crippen LogP contribution in [0.25, 0.3) is 0 Å². The van der Waals surface area contributed by atoms with E-state index in [1.165, 1.54) is 0 Å². The highest BCUT2D eigenvalue weighted by atomic mass is 127. The standard InChI is InChI=1S/C16H22N4OS.HI/c1-22-12-10-19-16(18-9-7-15-6-4-11-21-15)20-13-14-5-2-3-8-17-14;/h2-6,8,11H,7,9-10,12-13H2,1H3,(H2,18,19,20);1H. The van der Waals surface area contributed by atoms with Crippen LogP contribution in [0, 0.1) is 0 Å². The van der Waals surface area contributed by atoms with Crippen molar-refractivity contribution in [2.24, 2.45) is 4.99 Å². The highest BCUT2D eigenvalue weighted by Gasteiger charge is 2.00. The number of rotatable bonds is 8. The molecule has 0 saturated carbocycles. The maximum atomic E-state index is 5.33. The lowest BCUT2D eigenvalue weighted by atomic mass is 10.3. The van der Waals surface area contributed by atoms with Crippen LogP contribution in [0.1, 0.15) is 11.5 Å². The van der Waals surface area contributed by atoms with Gasteiger partial charge in [0.1, 0.15) is 5.76 Å². The van der Waals surface area contributed by atoms with E-state index < -0.39 is 0 Å². The number of aromatic nitrogens is 1. The Labute approximate surface area is 158 Å². The van der Waals surface area contributed by atoms with E-state index in [0.717, 1.165) is 42.7 Å². The van der Waals surface area contributed by atoms with Crippen LogP contribution in [0.2, 0.25) is 0 Å². The molecule has 0 aliphatic rings. The van der Waals surface area contributed by atoms with Crippen molar-refractivity contribution in [1.82, 2.24) is 15.6 Å². The second kappa shape index (κ2) is 12.2. The maximum absolute atomic E-state index is 5.33. The lowest BCUT2D eigenvalue weighted by Gasteiger charge is -2.11. The maximum Gasteiger partial charge on any atom is 0.191 e. The van der Waals surface area contributed by atoms with Crippen molar-refractivity contribution in [3.05, 3.63) is 54.2 Å². The summed E-state index contributed by atoms with van der Waals surface area (Å²) in [6.45, 7) is 2.23. The lowest BCUT2D eigenvalue weighted by molar-refractivity contribution is 0.507. The smallest absolute Gasteiger partial charge is 0.191 e. The summed E-state index contributed by atoms with van der Waals surface area (Å²) in [5.41, 5.74) is 0.958. The minimum atomic E-state index is 0. The van der Waals surface area contributed by atoms with Gasteiger partial charge in [-0.25, -0.2) is 4.99 Å². The number of aliphatic imine (C=N–C) groups is 1. The molecule has 2 aromatic heterocycles. The van der Waals surface area contributed by atoms with Gasteiger partial charge < -0.3 is 15.1 Å². The van der Waals surface area contributed by atoms with E-state index in [9.17, 15) is 0 Å². The fourth-order valence-electron chi connectivity index (χ4n) is 1.86. The van der Waals surface area contributed by atoms with Gasteiger partial charge in [-0.3, -0.25) is 4.98 Å². The highest BCUT2D eigenvalue weighted by Crippen LogP contribution is 2.00. The van der Waals surface area contributed by atoms with Crippen molar-refractivity contribution in [1.29, 1.82) is 0 Å². The van der Waals surface area contributed by atoms with Gasteiger partial charge in [-0.2, -0.15) is 11.8 Å². The fourth-order valence-corrected chi connectivity index (χ4v) is 2.16. The van der Waals surface area contributed by atoms with Crippen molar-refractivity contribution < 1.29 is 4.42 Å². The van der Waals surface area contributed by atoms with Crippen LogP contribution in [-0.4, -0.2) is 36.0 Å². The van der Waals surface area contributed by atoms with Gasteiger partial charge in [0.15, 0.2) is 5.96 Å². The van der Waals surface area contributed by atoms with Gasteiger partial charge in [-0.15, -0.1) is 24.0 Å². The number of pyridine rings is 1. The zero-order valence-corrected chi connectivity index (χ0v) is 16.3. The molecular formula is C16H23IN4OS. The third kappa shape index (κ3) is 8.26. The van der Waals surface area contributed by atoms with E-state index in [4.69, 9.17) is 4.42 Å². The summed E-state index contributed by atoms with van der Waals surface area (Å²) in [7, 11) is 0. The number of hydrogen-bond donors (Lipinski definition) is 2. The molecule has 2 rings (SSSR count). The highest BCUT2D eigenvalue weighted by molar-refractivity contribution is 14.0. The van der Waals surface area contributed by atoms with Gasteiger partial charge in [0, 0.05) is 31.5 Å². The third-order valence-corrected chi connectivity index (χ3v) is 3.58. The number of hydrogen-bond acceptors (Lipinski definition) is 4. The van der Waals surface area contributed by atoms with Gasteiger partial charge in [0.25, 0.3) is 0 Å². The van der Waals surface area contributed by atoms with Crippen LogP contribution in [-0.2, 0) is 13.0 Å². The summed E-state index contributed by atoms with van der Waals surface area (Å²) in [4.78, 5) is 8.86. The molecule has 0 aliphatic heterocycles. The van der Waals surface area contributed by atoms with E-state index in [1.807, 2.05) is 42.1 Å². The Hall–Kier alpha value is -1.22. The van der Waals surface area contributed by atoms with Gasteiger partial charge in [-0.05, 0) is 30.5 Å². The molecule has 126 valence electrons. The number of thioether (sulfide) groups is 1. The summed E-state index contributed by atoms with van der Waals surface area (Å²) in [5, 5.41) is 6.66. The Morgan fingerprint density at radius 2 is 2.09 bits per heavy atom. The fraction of sp³-hybridized carbons (Fsp3) is 0.375. The molecule has 0 fully saturated rings. The second-order valence-corrected chi connectivity index (χ2v) is 5.65. The number of guanidine groups is 1. The molecule has 0 unspecified atom stereocenters. The zero-order valence-electron chi connectivity index (χ0n) is 13.2. The SMILES string of the molecule is CSCCNC(=NCc1ccccn1)NCCc1ccco1.I. The van der Waals surface area contributed by atoms with Crippen molar-refractivity contribution in [2.45, 2.75) is 13.0 Å². The third-order valence-electron chi connectivity index (χ3n) is 2.97. The summed E-state index contributed by atoms with van der Waals surface area (Å²) in [5.74, 6) is 2.83. The molecule has 5 nitrogen and oxygen atoms in total. The topological polar surface area (TPSA) is 62.5 Å². The van der Waals surface area contributed by atoms with Crippen LogP contribution < -0.4 is 10.6 Å². The minimum absolute atomic E-state index is 0. The first-order valence-electron chi connectivity index (χ1n) is 7.32. The average Bonchev–Trinajstić information content (AvgIpc) is 3.06. The van der Waals surface area contributed by atoms with Gasteiger partial charge in [0.05, 0.1) is 18.5 Å². The molecule has 2 N–H and O–H groups in total. The molecule has 0 amide bonds. The first kappa shape index (κ1) is 19.8. The summed E-state index contributed by atoms with van der Waals surface area (Å²) in [6.07, 6.45) is 6.41. The van der Waals surface area contributed by atoms with E-state index in [0.29, 0.717) is 6.54 Å². The first-order valence-corrected chi connectivity index (χ1v) is 8.71. The molecule has 0 atom stereocenters. The molecule has 23 heavy (non-hydrogen) atoms. The first-order chi connectivity index (χ1) is 10.9. The van der Waals surface area contributed by atoms with Crippen molar-refractivity contribution in [3.63, 3.8) is 0 Å². The van der Waals surface area contributed by atoms with Crippen molar-refractivity contribution >= 4 is 41.7 Å². The van der Waals surface area contributed by atoms with Gasteiger partial charge in [0.2, 0.25) is 0 Å². The Balaban J connectivity index is 0.00000264. The largest absolute Gasteiger partial charge is 0.469 e. The Morgan fingerprint density at radius 3 is 2.78 bits per heavy atom. The summed E-state index contributed by atoms with van der Waals surface area (Å²) >= 11 is 1.81. The normalized spacial score (nSPS) is 10.9. The molecule has 0 radical (unpaired) electrons. The van der Waals surface area contributed by atoms with Gasteiger partial charge in [-0.1, -0.05) is 6.07 Å². The molecule has 2 aromatic rings. The summed E-state index contributed by atoms with van der Waals surface area (Å²) in [6, 6.07) is 9.75. The van der Waals surface area contributed by atoms with Crippen molar-refractivity contribution in [3.8, 4) is 0 Å². The molecule has 0 aromatic carbocycles. The lowest BCUT2D eigenvalue weighted by Crippen LogP contribution is -2.39.